The summed E-state index contributed by atoms with van der Waals surface area (Å²) in [6, 6.07) is 10.3. The number of carbonyl (C=O) groups excluding carboxylic acids is 1. The SMILES string of the molecule is O=C(CSCc1nc2sc3c(c2c(=O)[nH]1)CCCC3)N[C@H](c1ccccc1)C1CC1. The molecule has 2 heterocycles. The number of carbonyl (C=O) groups is 1. The van der Waals surface area contributed by atoms with E-state index in [9.17, 15) is 9.59 Å². The van der Waals surface area contributed by atoms with Gasteiger partial charge in [-0.3, -0.25) is 9.59 Å². The molecule has 0 radical (unpaired) electrons. The highest BCUT2D eigenvalue weighted by atomic mass is 32.2. The lowest BCUT2D eigenvalue weighted by Crippen LogP contribution is -2.31. The molecule has 30 heavy (non-hydrogen) atoms. The Hall–Kier alpha value is -2.12. The zero-order valence-electron chi connectivity index (χ0n) is 16.8. The summed E-state index contributed by atoms with van der Waals surface area (Å²) in [7, 11) is 0. The Labute approximate surface area is 183 Å². The van der Waals surface area contributed by atoms with E-state index in [2.05, 4.69) is 22.4 Å². The van der Waals surface area contributed by atoms with Crippen LogP contribution in [0.5, 0.6) is 0 Å². The van der Waals surface area contributed by atoms with Gasteiger partial charge in [0.1, 0.15) is 10.7 Å². The molecule has 0 spiro atoms. The Morgan fingerprint density at radius 1 is 1.23 bits per heavy atom. The van der Waals surface area contributed by atoms with Gasteiger partial charge in [-0.25, -0.2) is 4.98 Å². The second-order valence-corrected chi connectivity index (χ2v) is 10.3. The number of rotatable bonds is 7. The number of amides is 1. The maximum Gasteiger partial charge on any atom is 0.259 e. The number of fused-ring (bicyclic) bond motifs is 3. The predicted octanol–water partition coefficient (Wildman–Crippen LogP) is 4.36. The molecule has 1 fully saturated rings. The fourth-order valence-corrected chi connectivity index (χ4v) is 6.28. The quantitative estimate of drug-likeness (QED) is 0.573. The first-order chi connectivity index (χ1) is 14.7. The van der Waals surface area contributed by atoms with Crippen LogP contribution < -0.4 is 10.9 Å². The minimum absolute atomic E-state index is 0.0303. The fraction of sp³-hybridized carbons (Fsp3) is 0.435. The van der Waals surface area contributed by atoms with E-state index in [4.69, 9.17) is 4.98 Å². The summed E-state index contributed by atoms with van der Waals surface area (Å²) in [5.74, 6) is 2.13. The van der Waals surface area contributed by atoms with E-state index < -0.39 is 0 Å². The molecule has 5 rings (SSSR count). The van der Waals surface area contributed by atoms with E-state index in [1.54, 1.807) is 11.3 Å². The van der Waals surface area contributed by atoms with Gasteiger partial charge in [0.05, 0.1) is 22.9 Å². The number of hydrogen-bond acceptors (Lipinski definition) is 5. The van der Waals surface area contributed by atoms with E-state index in [0.29, 0.717) is 23.2 Å². The minimum atomic E-state index is -0.0303. The number of H-pyrrole nitrogens is 1. The number of thioether (sulfide) groups is 1. The number of nitrogens with zero attached hydrogens (tertiary/aromatic N) is 1. The number of benzene rings is 1. The van der Waals surface area contributed by atoms with Crippen molar-refractivity contribution in [3.8, 4) is 0 Å². The normalized spacial score (nSPS) is 16.9. The van der Waals surface area contributed by atoms with Gasteiger partial charge < -0.3 is 10.3 Å². The summed E-state index contributed by atoms with van der Waals surface area (Å²) < 4.78 is 0. The lowest BCUT2D eigenvalue weighted by molar-refractivity contribution is -0.119. The summed E-state index contributed by atoms with van der Waals surface area (Å²) in [6.45, 7) is 0. The average molecular weight is 440 g/mol. The second kappa shape index (κ2) is 8.55. The van der Waals surface area contributed by atoms with Gasteiger partial charge in [-0.05, 0) is 55.6 Å². The number of nitrogens with one attached hydrogen (secondary N) is 2. The zero-order chi connectivity index (χ0) is 20.5. The molecule has 3 aromatic rings. The van der Waals surface area contributed by atoms with Gasteiger partial charge in [0, 0.05) is 4.88 Å². The summed E-state index contributed by atoms with van der Waals surface area (Å²) in [5, 5.41) is 3.99. The van der Waals surface area contributed by atoms with E-state index >= 15 is 0 Å². The van der Waals surface area contributed by atoms with Crippen molar-refractivity contribution >= 4 is 39.2 Å². The highest BCUT2D eigenvalue weighted by Gasteiger charge is 2.33. The summed E-state index contributed by atoms with van der Waals surface area (Å²) >= 11 is 3.16. The topological polar surface area (TPSA) is 74.8 Å². The molecule has 1 atom stereocenters. The van der Waals surface area contributed by atoms with Gasteiger partial charge >= 0.3 is 0 Å². The molecule has 0 aliphatic heterocycles. The van der Waals surface area contributed by atoms with Crippen LogP contribution in [0.3, 0.4) is 0 Å². The van der Waals surface area contributed by atoms with E-state index in [0.717, 1.165) is 29.5 Å². The van der Waals surface area contributed by atoms with Crippen LogP contribution in [0.2, 0.25) is 0 Å². The average Bonchev–Trinajstić information content (AvgIpc) is 3.52. The molecule has 2 aromatic heterocycles. The maximum atomic E-state index is 12.6. The first-order valence-corrected chi connectivity index (χ1v) is 12.6. The first kappa shape index (κ1) is 19.8. The molecule has 2 aliphatic carbocycles. The summed E-state index contributed by atoms with van der Waals surface area (Å²) in [5.41, 5.74) is 2.36. The van der Waals surface area contributed by atoms with Crippen LogP contribution in [0.25, 0.3) is 10.2 Å². The number of aryl methyl sites for hydroxylation is 2. The van der Waals surface area contributed by atoms with Gasteiger partial charge in [0.2, 0.25) is 5.91 Å². The van der Waals surface area contributed by atoms with E-state index in [-0.39, 0.29) is 17.5 Å². The summed E-state index contributed by atoms with van der Waals surface area (Å²) in [4.78, 5) is 35.0. The van der Waals surface area contributed by atoms with Crippen molar-refractivity contribution in [2.24, 2.45) is 5.92 Å². The number of hydrogen-bond donors (Lipinski definition) is 2. The second-order valence-electron chi connectivity index (χ2n) is 8.19. The molecular formula is C23H25N3O2S2. The van der Waals surface area contributed by atoms with Crippen LogP contribution in [0.1, 0.15) is 53.6 Å². The summed E-state index contributed by atoms with van der Waals surface area (Å²) in [6.07, 6.45) is 6.73. The third kappa shape index (κ3) is 4.18. The van der Waals surface area contributed by atoms with Crippen molar-refractivity contribution in [2.75, 3.05) is 5.75 Å². The van der Waals surface area contributed by atoms with Crippen LogP contribution in [0, 0.1) is 5.92 Å². The fourth-order valence-electron chi connectivity index (χ4n) is 4.30. The largest absolute Gasteiger partial charge is 0.348 e. The Morgan fingerprint density at radius 2 is 2.03 bits per heavy atom. The third-order valence-corrected chi connectivity index (χ3v) is 8.04. The van der Waals surface area contributed by atoms with Crippen LogP contribution >= 0.6 is 23.1 Å². The van der Waals surface area contributed by atoms with Crippen molar-refractivity contribution < 1.29 is 4.79 Å². The van der Waals surface area contributed by atoms with Gasteiger partial charge in [0.15, 0.2) is 0 Å². The molecule has 1 aromatic carbocycles. The van der Waals surface area contributed by atoms with Crippen molar-refractivity contribution in [1.29, 1.82) is 0 Å². The molecule has 7 heteroatoms. The third-order valence-electron chi connectivity index (χ3n) is 5.91. The zero-order valence-corrected chi connectivity index (χ0v) is 18.4. The molecular weight excluding hydrogens is 414 g/mol. The van der Waals surface area contributed by atoms with Gasteiger partial charge in [-0.2, -0.15) is 0 Å². The molecule has 2 aliphatic rings. The maximum absolute atomic E-state index is 12.6. The number of aromatic amines is 1. The number of thiophene rings is 1. The van der Waals surface area contributed by atoms with Crippen molar-refractivity contribution in [2.45, 2.75) is 50.3 Å². The molecule has 5 nitrogen and oxygen atoms in total. The van der Waals surface area contributed by atoms with Gasteiger partial charge in [0.25, 0.3) is 5.56 Å². The molecule has 1 amide bonds. The lowest BCUT2D eigenvalue weighted by Gasteiger charge is -2.18. The van der Waals surface area contributed by atoms with Crippen LogP contribution in [-0.4, -0.2) is 21.6 Å². The van der Waals surface area contributed by atoms with Crippen LogP contribution in [-0.2, 0) is 23.4 Å². The molecule has 2 N–H and O–H groups in total. The number of aromatic nitrogens is 2. The van der Waals surface area contributed by atoms with Gasteiger partial charge in [-0.15, -0.1) is 23.1 Å². The Balaban J connectivity index is 1.22. The van der Waals surface area contributed by atoms with Crippen molar-refractivity contribution in [3.63, 3.8) is 0 Å². The standard InChI is InChI=1S/C23H25N3O2S2/c27-19(26-21(15-10-11-15)14-6-2-1-3-7-14)13-29-12-18-24-22(28)20-16-8-4-5-9-17(16)30-23(20)25-18/h1-3,6-7,15,21H,4-5,8-13H2,(H,26,27)(H,24,25,28)/t21-/m1/s1. The van der Waals surface area contributed by atoms with Crippen LogP contribution in [0.15, 0.2) is 35.1 Å². The van der Waals surface area contributed by atoms with Gasteiger partial charge in [-0.1, -0.05) is 30.3 Å². The smallest absolute Gasteiger partial charge is 0.259 e. The molecule has 156 valence electrons. The minimum Gasteiger partial charge on any atom is -0.348 e. The molecule has 0 unspecified atom stereocenters. The monoisotopic (exact) mass is 439 g/mol. The van der Waals surface area contributed by atoms with Crippen molar-refractivity contribution in [3.05, 3.63) is 62.5 Å². The van der Waals surface area contributed by atoms with E-state index in [1.165, 1.54) is 47.0 Å². The molecule has 0 bridgehead atoms. The Kier molecular flexibility index (Phi) is 5.65. The lowest BCUT2D eigenvalue weighted by atomic mass is 9.97. The van der Waals surface area contributed by atoms with E-state index in [1.807, 2.05) is 18.2 Å². The molecule has 1 saturated carbocycles. The molecule has 0 saturated heterocycles. The Bertz CT molecular complexity index is 1120. The highest BCUT2D eigenvalue weighted by Crippen LogP contribution is 2.41. The van der Waals surface area contributed by atoms with Crippen molar-refractivity contribution in [1.82, 2.24) is 15.3 Å². The van der Waals surface area contributed by atoms with Crippen LogP contribution in [0.4, 0.5) is 0 Å². The highest BCUT2D eigenvalue weighted by molar-refractivity contribution is 7.99. The first-order valence-electron chi connectivity index (χ1n) is 10.6. The predicted molar refractivity (Wildman–Crippen MR) is 123 cm³/mol. The Morgan fingerprint density at radius 3 is 2.83 bits per heavy atom.